The van der Waals surface area contributed by atoms with Crippen molar-refractivity contribution >= 4 is 17.9 Å². The highest BCUT2D eigenvalue weighted by molar-refractivity contribution is 5.83. The highest BCUT2D eigenvalue weighted by atomic mass is 16.4. The van der Waals surface area contributed by atoms with E-state index in [4.69, 9.17) is 10.2 Å². The summed E-state index contributed by atoms with van der Waals surface area (Å²) >= 11 is 0. The zero-order valence-electron chi connectivity index (χ0n) is 10.5. The molecule has 4 N–H and O–H groups in total. The van der Waals surface area contributed by atoms with Gasteiger partial charge in [0.1, 0.15) is 0 Å². The Hall–Kier alpha value is -1.83. The number of hydrogen-bond acceptors (Lipinski definition) is 4. The Morgan fingerprint density at radius 2 is 1.89 bits per heavy atom. The van der Waals surface area contributed by atoms with E-state index in [1.807, 2.05) is 6.92 Å². The van der Waals surface area contributed by atoms with Crippen LogP contribution in [-0.4, -0.2) is 65.8 Å². The average Bonchev–Trinajstić information content (AvgIpc) is 2.34. The summed E-state index contributed by atoms with van der Waals surface area (Å²) in [6.45, 7) is 2.24. The molecule has 1 atom stereocenters. The molecule has 0 aromatic carbocycles. The lowest BCUT2D eigenvalue weighted by molar-refractivity contribution is -0.146. The molecule has 0 aromatic rings. The summed E-state index contributed by atoms with van der Waals surface area (Å²) in [5.41, 5.74) is 0. The van der Waals surface area contributed by atoms with Crippen LogP contribution in [0.1, 0.15) is 13.3 Å². The number of aliphatic hydroxyl groups excluding tert-OH is 1. The fraction of sp³-hybridized carbons (Fsp3) is 0.700. The number of nitrogens with zero attached hydrogens (tertiary/aromatic N) is 1. The van der Waals surface area contributed by atoms with Crippen LogP contribution in [0.5, 0.6) is 0 Å². The minimum Gasteiger partial charge on any atom is -0.479 e. The van der Waals surface area contributed by atoms with Crippen LogP contribution in [-0.2, 0) is 9.59 Å². The first-order valence-corrected chi connectivity index (χ1v) is 5.55. The normalized spacial score (nSPS) is 11.5. The van der Waals surface area contributed by atoms with Gasteiger partial charge in [-0.2, -0.15) is 0 Å². The molecule has 0 aliphatic rings. The maximum atomic E-state index is 11.3. The first-order chi connectivity index (χ1) is 8.38. The largest absolute Gasteiger partial charge is 0.479 e. The third-order valence-corrected chi connectivity index (χ3v) is 2.29. The number of likely N-dealkylation sites (N-methyl/N-ethyl adjacent to an activating group) is 1. The summed E-state index contributed by atoms with van der Waals surface area (Å²) < 4.78 is 0. The monoisotopic (exact) mass is 261 g/mol. The number of amides is 3. The van der Waals surface area contributed by atoms with E-state index in [-0.39, 0.29) is 25.4 Å². The number of hydrogen-bond donors (Lipinski definition) is 4. The molecule has 0 bridgehead atoms. The van der Waals surface area contributed by atoms with Crippen LogP contribution in [0.4, 0.5) is 4.79 Å². The van der Waals surface area contributed by atoms with Gasteiger partial charge in [-0.15, -0.1) is 0 Å². The van der Waals surface area contributed by atoms with Crippen molar-refractivity contribution < 1.29 is 24.6 Å². The second-order valence-corrected chi connectivity index (χ2v) is 3.66. The molecule has 8 heteroatoms. The smallest absolute Gasteiger partial charge is 0.332 e. The molecule has 0 spiro atoms. The Morgan fingerprint density at radius 3 is 2.39 bits per heavy atom. The Kier molecular flexibility index (Phi) is 7.45. The van der Waals surface area contributed by atoms with Crippen molar-refractivity contribution in [3.05, 3.63) is 0 Å². The zero-order chi connectivity index (χ0) is 14.1. The zero-order valence-corrected chi connectivity index (χ0v) is 10.5. The number of rotatable bonds is 7. The van der Waals surface area contributed by atoms with Gasteiger partial charge in [-0.1, -0.05) is 0 Å². The molecule has 8 nitrogen and oxygen atoms in total. The van der Waals surface area contributed by atoms with Gasteiger partial charge < -0.3 is 25.7 Å². The third-order valence-electron chi connectivity index (χ3n) is 2.29. The number of carbonyl (C=O) groups is 3. The van der Waals surface area contributed by atoms with Crippen molar-refractivity contribution in [2.45, 2.75) is 19.4 Å². The van der Waals surface area contributed by atoms with Gasteiger partial charge in [0.25, 0.3) is 0 Å². The molecular formula is C10H19N3O5. The third kappa shape index (κ3) is 6.69. The van der Waals surface area contributed by atoms with Gasteiger partial charge in [-0.25, -0.2) is 9.59 Å². The molecule has 0 radical (unpaired) electrons. The quantitative estimate of drug-likeness (QED) is 0.449. The van der Waals surface area contributed by atoms with Crippen molar-refractivity contribution in [1.29, 1.82) is 0 Å². The Morgan fingerprint density at radius 1 is 1.28 bits per heavy atom. The number of carbonyl (C=O) groups excluding carboxylic acids is 2. The molecule has 18 heavy (non-hydrogen) atoms. The summed E-state index contributed by atoms with van der Waals surface area (Å²) in [6.07, 6.45) is -1.59. The molecule has 0 saturated carbocycles. The van der Waals surface area contributed by atoms with Crippen LogP contribution in [0.15, 0.2) is 0 Å². The molecule has 104 valence electrons. The molecular weight excluding hydrogens is 242 g/mol. The summed E-state index contributed by atoms with van der Waals surface area (Å²) in [7, 11) is 1.62. The molecule has 3 amide bonds. The first kappa shape index (κ1) is 16.2. The van der Waals surface area contributed by atoms with Gasteiger partial charge in [-0.3, -0.25) is 4.79 Å². The Labute approximate surface area is 105 Å². The van der Waals surface area contributed by atoms with E-state index in [9.17, 15) is 14.4 Å². The van der Waals surface area contributed by atoms with E-state index in [0.29, 0.717) is 6.54 Å². The summed E-state index contributed by atoms with van der Waals surface area (Å²) in [4.78, 5) is 34.2. The Balaban J connectivity index is 3.73. The van der Waals surface area contributed by atoms with Crippen molar-refractivity contribution in [1.82, 2.24) is 15.5 Å². The minimum atomic E-state index is -1.50. The highest BCUT2D eigenvalue weighted by Gasteiger charge is 2.13. The highest BCUT2D eigenvalue weighted by Crippen LogP contribution is 1.89. The minimum absolute atomic E-state index is 0.0110. The van der Waals surface area contributed by atoms with Crippen LogP contribution in [0.3, 0.4) is 0 Å². The fourth-order valence-electron chi connectivity index (χ4n) is 0.976. The van der Waals surface area contributed by atoms with Gasteiger partial charge >= 0.3 is 12.0 Å². The lowest BCUT2D eigenvalue weighted by Crippen LogP contribution is -2.43. The van der Waals surface area contributed by atoms with Gasteiger partial charge in [0.2, 0.25) is 5.91 Å². The van der Waals surface area contributed by atoms with Crippen molar-refractivity contribution in [3.8, 4) is 0 Å². The fourth-order valence-corrected chi connectivity index (χ4v) is 0.976. The number of aliphatic carboxylic acids is 1. The summed E-state index contributed by atoms with van der Waals surface area (Å²) in [6, 6.07) is -0.578. The topological polar surface area (TPSA) is 119 Å². The second kappa shape index (κ2) is 8.29. The summed E-state index contributed by atoms with van der Waals surface area (Å²) in [5.74, 6) is -1.56. The van der Waals surface area contributed by atoms with E-state index < -0.39 is 18.1 Å². The van der Waals surface area contributed by atoms with E-state index in [1.54, 1.807) is 7.05 Å². The molecule has 0 aliphatic carbocycles. The SMILES string of the molecule is CCN(C)C(=O)CNC(=O)NCC[C@H](O)C(=O)O. The maximum Gasteiger partial charge on any atom is 0.332 e. The molecule has 0 rings (SSSR count). The molecule has 0 fully saturated rings. The Bertz CT molecular complexity index is 308. The van der Waals surface area contributed by atoms with Crippen LogP contribution >= 0.6 is 0 Å². The lowest BCUT2D eigenvalue weighted by atomic mass is 10.2. The molecule has 0 unspecified atom stereocenters. The van der Waals surface area contributed by atoms with Crippen LogP contribution < -0.4 is 10.6 Å². The van der Waals surface area contributed by atoms with E-state index in [0.717, 1.165) is 0 Å². The predicted molar refractivity (Wildman–Crippen MR) is 63.0 cm³/mol. The van der Waals surface area contributed by atoms with Crippen LogP contribution in [0.2, 0.25) is 0 Å². The molecule has 0 heterocycles. The van der Waals surface area contributed by atoms with Gasteiger partial charge in [0.15, 0.2) is 6.10 Å². The maximum absolute atomic E-state index is 11.3. The number of nitrogens with one attached hydrogen (secondary N) is 2. The number of carboxylic acids is 1. The number of aliphatic hydroxyl groups is 1. The number of carboxylic acid groups (broad SMARTS) is 1. The first-order valence-electron chi connectivity index (χ1n) is 5.55. The van der Waals surface area contributed by atoms with Gasteiger partial charge in [0, 0.05) is 26.6 Å². The molecule has 0 aliphatic heterocycles. The second-order valence-electron chi connectivity index (χ2n) is 3.66. The van der Waals surface area contributed by atoms with Crippen LogP contribution in [0, 0.1) is 0 Å². The average molecular weight is 261 g/mol. The van der Waals surface area contributed by atoms with Crippen molar-refractivity contribution in [3.63, 3.8) is 0 Å². The van der Waals surface area contributed by atoms with E-state index in [2.05, 4.69) is 10.6 Å². The van der Waals surface area contributed by atoms with Crippen molar-refractivity contribution in [2.24, 2.45) is 0 Å². The lowest BCUT2D eigenvalue weighted by Gasteiger charge is -2.15. The standard InChI is InChI=1S/C10H19N3O5/c1-3-13(2)8(15)6-12-10(18)11-5-4-7(14)9(16)17/h7,14H,3-6H2,1-2H3,(H,16,17)(H2,11,12,18)/t7-/m0/s1. The molecule has 0 aromatic heterocycles. The van der Waals surface area contributed by atoms with Gasteiger partial charge in [-0.05, 0) is 6.92 Å². The summed E-state index contributed by atoms with van der Waals surface area (Å²) in [5, 5.41) is 22.0. The number of urea groups is 1. The molecule has 0 saturated heterocycles. The van der Waals surface area contributed by atoms with E-state index in [1.165, 1.54) is 4.90 Å². The van der Waals surface area contributed by atoms with Gasteiger partial charge in [0.05, 0.1) is 6.54 Å². The predicted octanol–water partition coefficient (Wildman–Crippen LogP) is -1.40. The van der Waals surface area contributed by atoms with Crippen LogP contribution in [0.25, 0.3) is 0 Å². The van der Waals surface area contributed by atoms with Crippen molar-refractivity contribution in [2.75, 3.05) is 26.7 Å². The van der Waals surface area contributed by atoms with E-state index >= 15 is 0 Å².